The van der Waals surface area contributed by atoms with Crippen LogP contribution in [0.5, 0.6) is 0 Å². The van der Waals surface area contributed by atoms with Gasteiger partial charge in [-0.2, -0.15) is 5.26 Å². The highest BCUT2D eigenvalue weighted by molar-refractivity contribution is 6.36. The molecular weight excluding hydrogens is 435 g/mol. The van der Waals surface area contributed by atoms with E-state index in [4.69, 9.17) is 23.2 Å². The number of hydrogen-bond donors (Lipinski definition) is 2. The third kappa shape index (κ3) is 5.15. The van der Waals surface area contributed by atoms with Crippen LogP contribution in [0, 0.1) is 25.2 Å². The number of benzene rings is 2. The second-order valence-electron chi connectivity index (χ2n) is 6.72. The number of halogens is 2. The molecule has 8 heteroatoms. The standard InChI is InChI=1S/C23H18Cl2N4O2/c1-14-10-17(15(2)29(14)28-23(31)16-6-4-3-5-7-16)11-18(13-26)22(30)27-21-9-8-19(24)12-20(21)25/h3-12H,1-2H3,(H,27,30)(H,28,31)/b18-11-. The van der Waals surface area contributed by atoms with Crippen LogP contribution in [0.4, 0.5) is 5.69 Å². The Morgan fingerprint density at radius 1 is 1.06 bits per heavy atom. The second kappa shape index (κ2) is 9.52. The number of carbonyl (C=O) groups is 2. The van der Waals surface area contributed by atoms with E-state index in [1.165, 1.54) is 12.1 Å². The summed E-state index contributed by atoms with van der Waals surface area (Å²) in [4.78, 5) is 25.1. The highest BCUT2D eigenvalue weighted by Crippen LogP contribution is 2.26. The van der Waals surface area contributed by atoms with Crippen LogP contribution in [0.25, 0.3) is 6.08 Å². The van der Waals surface area contributed by atoms with E-state index < -0.39 is 5.91 Å². The van der Waals surface area contributed by atoms with E-state index in [1.54, 1.807) is 54.1 Å². The molecule has 0 unspecified atom stereocenters. The van der Waals surface area contributed by atoms with Gasteiger partial charge in [0.25, 0.3) is 11.8 Å². The number of nitrogens with zero attached hydrogens (tertiary/aromatic N) is 2. The van der Waals surface area contributed by atoms with Crippen LogP contribution in [-0.2, 0) is 4.79 Å². The molecule has 31 heavy (non-hydrogen) atoms. The van der Waals surface area contributed by atoms with Gasteiger partial charge in [0, 0.05) is 22.0 Å². The van der Waals surface area contributed by atoms with Gasteiger partial charge in [0.15, 0.2) is 0 Å². The summed E-state index contributed by atoms with van der Waals surface area (Å²) in [5.41, 5.74) is 5.62. The maximum absolute atomic E-state index is 12.6. The van der Waals surface area contributed by atoms with Crippen molar-refractivity contribution in [3.05, 3.63) is 92.7 Å². The first-order chi connectivity index (χ1) is 14.8. The molecule has 0 saturated carbocycles. The average Bonchev–Trinajstić information content (AvgIpc) is 3.01. The van der Waals surface area contributed by atoms with Crippen LogP contribution in [0.3, 0.4) is 0 Å². The molecule has 0 radical (unpaired) electrons. The molecule has 0 saturated heterocycles. The van der Waals surface area contributed by atoms with Crippen molar-refractivity contribution in [1.82, 2.24) is 4.68 Å². The lowest BCUT2D eigenvalue weighted by Crippen LogP contribution is -2.24. The van der Waals surface area contributed by atoms with Crippen LogP contribution in [0.2, 0.25) is 10.0 Å². The maximum atomic E-state index is 12.6. The van der Waals surface area contributed by atoms with Crippen LogP contribution < -0.4 is 10.7 Å². The third-order valence-corrected chi connectivity index (χ3v) is 5.11. The van der Waals surface area contributed by atoms with Gasteiger partial charge in [-0.3, -0.25) is 19.7 Å². The van der Waals surface area contributed by atoms with E-state index in [0.29, 0.717) is 27.5 Å². The lowest BCUT2D eigenvalue weighted by atomic mass is 10.1. The molecule has 1 aromatic heterocycles. The van der Waals surface area contributed by atoms with Gasteiger partial charge in [-0.05, 0) is 61.9 Å². The highest BCUT2D eigenvalue weighted by Gasteiger charge is 2.16. The number of hydrogen-bond acceptors (Lipinski definition) is 3. The van der Waals surface area contributed by atoms with Gasteiger partial charge < -0.3 is 5.32 Å². The minimum Gasteiger partial charge on any atom is -0.320 e. The lowest BCUT2D eigenvalue weighted by Gasteiger charge is -2.11. The number of rotatable bonds is 5. The number of anilines is 1. The zero-order valence-electron chi connectivity index (χ0n) is 16.7. The third-order valence-electron chi connectivity index (χ3n) is 4.56. The van der Waals surface area contributed by atoms with E-state index in [9.17, 15) is 14.9 Å². The zero-order valence-corrected chi connectivity index (χ0v) is 18.3. The number of nitriles is 1. The van der Waals surface area contributed by atoms with Crippen molar-refractivity contribution >= 4 is 46.8 Å². The van der Waals surface area contributed by atoms with Crippen molar-refractivity contribution in [2.45, 2.75) is 13.8 Å². The van der Waals surface area contributed by atoms with Gasteiger partial charge in [0.1, 0.15) is 11.6 Å². The monoisotopic (exact) mass is 452 g/mol. The largest absolute Gasteiger partial charge is 0.320 e. The van der Waals surface area contributed by atoms with Crippen molar-refractivity contribution < 1.29 is 9.59 Å². The molecule has 0 bridgehead atoms. The number of aromatic nitrogens is 1. The van der Waals surface area contributed by atoms with Crippen molar-refractivity contribution in [2.24, 2.45) is 0 Å². The molecule has 0 spiro atoms. The fourth-order valence-corrected chi connectivity index (χ4v) is 3.40. The predicted octanol–water partition coefficient (Wildman–Crippen LogP) is 5.34. The molecule has 1 heterocycles. The molecule has 2 N–H and O–H groups in total. The number of aryl methyl sites for hydroxylation is 1. The van der Waals surface area contributed by atoms with Crippen molar-refractivity contribution in [1.29, 1.82) is 5.26 Å². The summed E-state index contributed by atoms with van der Waals surface area (Å²) >= 11 is 12.0. The average molecular weight is 453 g/mol. The van der Waals surface area contributed by atoms with E-state index in [-0.39, 0.29) is 16.5 Å². The molecule has 3 aromatic rings. The van der Waals surface area contributed by atoms with Gasteiger partial charge >= 0.3 is 0 Å². The Morgan fingerprint density at radius 3 is 2.42 bits per heavy atom. The number of nitrogens with one attached hydrogen (secondary N) is 2. The Bertz CT molecular complexity index is 1220. The fraction of sp³-hybridized carbons (Fsp3) is 0.0870. The summed E-state index contributed by atoms with van der Waals surface area (Å²) in [6.45, 7) is 3.60. The molecule has 3 rings (SSSR count). The van der Waals surface area contributed by atoms with E-state index >= 15 is 0 Å². The molecule has 0 fully saturated rings. The van der Waals surface area contributed by atoms with Crippen LogP contribution >= 0.6 is 23.2 Å². The van der Waals surface area contributed by atoms with Gasteiger partial charge in [0.2, 0.25) is 0 Å². The second-order valence-corrected chi connectivity index (χ2v) is 7.56. The Hall–Kier alpha value is -3.53. The van der Waals surface area contributed by atoms with E-state index in [2.05, 4.69) is 10.7 Å². The maximum Gasteiger partial charge on any atom is 0.270 e. The predicted molar refractivity (Wildman–Crippen MR) is 123 cm³/mol. The Labute approximate surface area is 189 Å². The number of carbonyl (C=O) groups excluding carboxylic acids is 2. The normalized spacial score (nSPS) is 11.0. The molecule has 0 aliphatic heterocycles. The van der Waals surface area contributed by atoms with E-state index in [0.717, 1.165) is 5.69 Å². The molecule has 0 aliphatic carbocycles. The highest BCUT2D eigenvalue weighted by atomic mass is 35.5. The summed E-state index contributed by atoms with van der Waals surface area (Å²) in [6.07, 6.45) is 1.46. The van der Waals surface area contributed by atoms with Crippen molar-refractivity contribution in [3.8, 4) is 6.07 Å². The molecule has 2 amide bonds. The van der Waals surface area contributed by atoms with Gasteiger partial charge in [-0.1, -0.05) is 41.4 Å². The zero-order chi connectivity index (χ0) is 22.5. The first-order valence-corrected chi connectivity index (χ1v) is 9.99. The summed E-state index contributed by atoms with van der Waals surface area (Å²) in [5.74, 6) is -0.876. The van der Waals surface area contributed by atoms with Gasteiger partial charge in [-0.25, -0.2) is 0 Å². The minimum absolute atomic E-state index is 0.111. The summed E-state index contributed by atoms with van der Waals surface area (Å²) in [6, 6.07) is 17.1. The smallest absolute Gasteiger partial charge is 0.270 e. The van der Waals surface area contributed by atoms with Gasteiger partial charge in [0.05, 0.1) is 10.7 Å². The first-order valence-electron chi connectivity index (χ1n) is 9.23. The minimum atomic E-state index is -0.607. The Kier molecular flexibility index (Phi) is 6.81. The fourth-order valence-electron chi connectivity index (χ4n) is 2.95. The van der Waals surface area contributed by atoms with Crippen molar-refractivity contribution in [3.63, 3.8) is 0 Å². The molecule has 0 atom stereocenters. The summed E-state index contributed by atoms with van der Waals surface area (Å²) in [5, 5.41) is 12.8. The summed E-state index contributed by atoms with van der Waals surface area (Å²) in [7, 11) is 0. The summed E-state index contributed by atoms with van der Waals surface area (Å²) < 4.78 is 1.62. The Morgan fingerprint density at radius 2 is 1.77 bits per heavy atom. The lowest BCUT2D eigenvalue weighted by molar-refractivity contribution is -0.112. The molecule has 6 nitrogen and oxygen atoms in total. The van der Waals surface area contributed by atoms with Crippen molar-refractivity contribution in [2.75, 3.05) is 10.7 Å². The molecule has 156 valence electrons. The van der Waals surface area contributed by atoms with Crippen LogP contribution in [0.1, 0.15) is 27.3 Å². The quantitative estimate of drug-likeness (QED) is 0.404. The van der Waals surface area contributed by atoms with Crippen LogP contribution in [0.15, 0.2) is 60.2 Å². The molecule has 0 aliphatic rings. The Balaban J connectivity index is 1.84. The first kappa shape index (κ1) is 22.2. The number of amides is 2. The molecule has 2 aromatic carbocycles. The van der Waals surface area contributed by atoms with Gasteiger partial charge in [-0.15, -0.1) is 0 Å². The van der Waals surface area contributed by atoms with E-state index in [1.807, 2.05) is 19.1 Å². The van der Waals surface area contributed by atoms with Crippen LogP contribution in [-0.4, -0.2) is 16.5 Å². The topological polar surface area (TPSA) is 86.9 Å². The molecular formula is C23H18Cl2N4O2. The SMILES string of the molecule is Cc1cc(/C=C(/C#N)C(=O)Nc2ccc(Cl)cc2Cl)c(C)n1NC(=O)c1ccccc1.